The number of alkyl halides is 3. The molecule has 19 heavy (non-hydrogen) atoms. The molecule has 1 atom stereocenters. The molecule has 1 aromatic rings. The highest BCUT2D eigenvalue weighted by Gasteiger charge is 2.27. The SMILES string of the molecule is C[C@@H](N)c1cc(Br)ccc1OCCOCC(F)(F)F. The van der Waals surface area contributed by atoms with Crippen LogP contribution in [0.5, 0.6) is 5.75 Å². The average Bonchev–Trinajstić information content (AvgIpc) is 2.28. The van der Waals surface area contributed by atoms with Gasteiger partial charge in [0, 0.05) is 16.1 Å². The molecular weight excluding hydrogens is 327 g/mol. The molecule has 3 nitrogen and oxygen atoms in total. The number of hydrogen-bond acceptors (Lipinski definition) is 3. The van der Waals surface area contributed by atoms with E-state index < -0.39 is 12.8 Å². The molecule has 0 amide bonds. The van der Waals surface area contributed by atoms with Crippen LogP contribution in [0.25, 0.3) is 0 Å². The zero-order chi connectivity index (χ0) is 14.5. The topological polar surface area (TPSA) is 44.5 Å². The van der Waals surface area contributed by atoms with Crippen molar-refractivity contribution >= 4 is 15.9 Å². The van der Waals surface area contributed by atoms with Gasteiger partial charge in [-0.3, -0.25) is 0 Å². The molecule has 0 saturated carbocycles. The van der Waals surface area contributed by atoms with Crippen molar-refractivity contribution in [2.24, 2.45) is 5.73 Å². The summed E-state index contributed by atoms with van der Waals surface area (Å²) < 4.78 is 46.2. The van der Waals surface area contributed by atoms with E-state index in [1.807, 2.05) is 6.07 Å². The highest BCUT2D eigenvalue weighted by atomic mass is 79.9. The van der Waals surface area contributed by atoms with Crippen molar-refractivity contribution in [2.45, 2.75) is 19.1 Å². The first-order chi connectivity index (χ1) is 8.79. The lowest BCUT2D eigenvalue weighted by Gasteiger charge is -2.15. The Hall–Kier alpha value is -0.790. The molecule has 0 spiro atoms. The molecule has 0 unspecified atom stereocenters. The van der Waals surface area contributed by atoms with E-state index in [9.17, 15) is 13.2 Å². The van der Waals surface area contributed by atoms with E-state index in [1.165, 1.54) is 0 Å². The van der Waals surface area contributed by atoms with Crippen LogP contribution in [0.2, 0.25) is 0 Å². The van der Waals surface area contributed by atoms with Crippen LogP contribution in [0.4, 0.5) is 13.2 Å². The summed E-state index contributed by atoms with van der Waals surface area (Å²) >= 11 is 3.32. The normalized spacial score (nSPS) is 13.4. The molecule has 108 valence electrons. The minimum Gasteiger partial charge on any atom is -0.491 e. The van der Waals surface area contributed by atoms with Crippen molar-refractivity contribution in [2.75, 3.05) is 19.8 Å². The number of halogens is 4. The Bertz CT molecular complexity index is 410. The summed E-state index contributed by atoms with van der Waals surface area (Å²) in [4.78, 5) is 0. The van der Waals surface area contributed by atoms with Crippen LogP contribution in [0, 0.1) is 0 Å². The molecule has 0 aliphatic carbocycles. The molecule has 0 fully saturated rings. The van der Waals surface area contributed by atoms with Crippen LogP contribution < -0.4 is 10.5 Å². The molecule has 0 aliphatic rings. The van der Waals surface area contributed by atoms with Gasteiger partial charge in [0.15, 0.2) is 0 Å². The monoisotopic (exact) mass is 341 g/mol. The first-order valence-corrected chi connectivity index (χ1v) is 6.41. The fraction of sp³-hybridized carbons (Fsp3) is 0.500. The van der Waals surface area contributed by atoms with E-state index in [0.717, 1.165) is 10.0 Å². The molecule has 0 radical (unpaired) electrons. The maximum absolute atomic E-state index is 11.8. The number of benzene rings is 1. The number of ether oxygens (including phenoxy) is 2. The summed E-state index contributed by atoms with van der Waals surface area (Å²) in [7, 11) is 0. The predicted octanol–water partition coefficient (Wildman–Crippen LogP) is 3.43. The van der Waals surface area contributed by atoms with E-state index in [1.54, 1.807) is 19.1 Å². The summed E-state index contributed by atoms with van der Waals surface area (Å²) in [5.74, 6) is 0.550. The third kappa shape index (κ3) is 6.26. The Kier molecular flexibility index (Phi) is 6.09. The van der Waals surface area contributed by atoms with Crippen molar-refractivity contribution in [3.63, 3.8) is 0 Å². The summed E-state index contributed by atoms with van der Waals surface area (Å²) in [5.41, 5.74) is 6.57. The van der Waals surface area contributed by atoms with E-state index in [-0.39, 0.29) is 19.3 Å². The number of rotatable bonds is 6. The number of nitrogens with two attached hydrogens (primary N) is 1. The van der Waals surface area contributed by atoms with Gasteiger partial charge in [-0.25, -0.2) is 0 Å². The molecule has 0 bridgehead atoms. The van der Waals surface area contributed by atoms with Gasteiger partial charge < -0.3 is 15.2 Å². The van der Waals surface area contributed by atoms with Gasteiger partial charge >= 0.3 is 6.18 Å². The van der Waals surface area contributed by atoms with Gasteiger partial charge in [0.25, 0.3) is 0 Å². The minimum absolute atomic E-state index is 0.0391. The molecule has 1 rings (SSSR count). The third-order valence-electron chi connectivity index (χ3n) is 2.21. The summed E-state index contributed by atoms with van der Waals surface area (Å²) in [5, 5.41) is 0. The van der Waals surface area contributed by atoms with Gasteiger partial charge in [-0.2, -0.15) is 13.2 Å². The van der Waals surface area contributed by atoms with Crippen molar-refractivity contribution < 1.29 is 22.6 Å². The van der Waals surface area contributed by atoms with Crippen molar-refractivity contribution in [3.8, 4) is 5.75 Å². The van der Waals surface area contributed by atoms with Crippen molar-refractivity contribution in [1.29, 1.82) is 0 Å². The van der Waals surface area contributed by atoms with E-state index in [2.05, 4.69) is 20.7 Å². The smallest absolute Gasteiger partial charge is 0.411 e. The quantitative estimate of drug-likeness (QED) is 0.806. The second-order valence-electron chi connectivity index (χ2n) is 3.99. The second kappa shape index (κ2) is 7.12. The van der Waals surface area contributed by atoms with Crippen molar-refractivity contribution in [3.05, 3.63) is 28.2 Å². The molecule has 1 aromatic carbocycles. The Balaban J connectivity index is 2.45. The first-order valence-electron chi connectivity index (χ1n) is 5.62. The fourth-order valence-electron chi connectivity index (χ4n) is 1.41. The van der Waals surface area contributed by atoms with E-state index >= 15 is 0 Å². The molecule has 7 heteroatoms. The molecule has 0 aliphatic heterocycles. The molecule has 0 heterocycles. The summed E-state index contributed by atoms with van der Waals surface area (Å²) in [6.45, 7) is 0.441. The third-order valence-corrected chi connectivity index (χ3v) is 2.71. The second-order valence-corrected chi connectivity index (χ2v) is 4.90. The largest absolute Gasteiger partial charge is 0.491 e. The zero-order valence-corrected chi connectivity index (χ0v) is 11.9. The Morgan fingerprint density at radius 3 is 2.58 bits per heavy atom. The van der Waals surface area contributed by atoms with Crippen LogP contribution in [-0.2, 0) is 4.74 Å². The van der Waals surface area contributed by atoms with Crippen LogP contribution >= 0.6 is 15.9 Å². The van der Waals surface area contributed by atoms with E-state index in [0.29, 0.717) is 5.75 Å². The van der Waals surface area contributed by atoms with Gasteiger partial charge in [0.2, 0.25) is 0 Å². The van der Waals surface area contributed by atoms with Crippen molar-refractivity contribution in [1.82, 2.24) is 0 Å². The molecule has 0 aromatic heterocycles. The van der Waals surface area contributed by atoms with Gasteiger partial charge in [-0.05, 0) is 25.1 Å². The Morgan fingerprint density at radius 2 is 2.00 bits per heavy atom. The molecule has 0 saturated heterocycles. The highest BCUT2D eigenvalue weighted by molar-refractivity contribution is 9.10. The molecule has 2 N–H and O–H groups in total. The highest BCUT2D eigenvalue weighted by Crippen LogP contribution is 2.27. The van der Waals surface area contributed by atoms with Crippen LogP contribution in [0.3, 0.4) is 0 Å². The van der Waals surface area contributed by atoms with Crippen LogP contribution in [-0.4, -0.2) is 26.0 Å². The minimum atomic E-state index is -4.31. The van der Waals surface area contributed by atoms with Crippen LogP contribution in [0.15, 0.2) is 22.7 Å². The standard InChI is InChI=1S/C12H15BrF3NO2/c1-8(17)10-6-9(13)2-3-11(10)19-5-4-18-7-12(14,15)16/h2-3,6,8H,4-5,7,17H2,1H3/t8-/m1/s1. The summed E-state index contributed by atoms with van der Waals surface area (Å²) in [6, 6.07) is 5.07. The van der Waals surface area contributed by atoms with Gasteiger partial charge in [-0.1, -0.05) is 15.9 Å². The Morgan fingerprint density at radius 1 is 1.32 bits per heavy atom. The summed E-state index contributed by atoms with van der Waals surface area (Å²) in [6.07, 6.45) is -4.31. The number of hydrogen-bond donors (Lipinski definition) is 1. The lowest BCUT2D eigenvalue weighted by Crippen LogP contribution is -2.19. The lowest BCUT2D eigenvalue weighted by atomic mass is 10.1. The molecular formula is C12H15BrF3NO2. The maximum Gasteiger partial charge on any atom is 0.411 e. The van der Waals surface area contributed by atoms with Gasteiger partial charge in [0.1, 0.15) is 19.0 Å². The first kappa shape index (κ1) is 16.3. The predicted molar refractivity (Wildman–Crippen MR) is 69.1 cm³/mol. The average molecular weight is 342 g/mol. The maximum atomic E-state index is 11.8. The van der Waals surface area contributed by atoms with Gasteiger partial charge in [-0.15, -0.1) is 0 Å². The Labute approximate surface area is 118 Å². The van der Waals surface area contributed by atoms with Crippen LogP contribution in [0.1, 0.15) is 18.5 Å². The van der Waals surface area contributed by atoms with Gasteiger partial charge in [0.05, 0.1) is 6.61 Å². The lowest BCUT2D eigenvalue weighted by molar-refractivity contribution is -0.175. The zero-order valence-electron chi connectivity index (χ0n) is 10.3. The van der Waals surface area contributed by atoms with E-state index in [4.69, 9.17) is 10.5 Å². The fourth-order valence-corrected chi connectivity index (χ4v) is 1.78.